The third-order valence-electron chi connectivity index (χ3n) is 8.79. The molecule has 6 rings (SSSR count). The number of thiazole rings is 1. The van der Waals surface area contributed by atoms with Crippen LogP contribution >= 0.6 is 11.3 Å². The zero-order valence-electron chi connectivity index (χ0n) is 22.3. The van der Waals surface area contributed by atoms with Gasteiger partial charge in [-0.1, -0.05) is 19.9 Å². The van der Waals surface area contributed by atoms with Gasteiger partial charge in [-0.25, -0.2) is 9.97 Å². The Morgan fingerprint density at radius 3 is 2.82 bits per heavy atom. The van der Waals surface area contributed by atoms with Crippen molar-refractivity contribution in [3.8, 4) is 0 Å². The second-order valence-corrected chi connectivity index (χ2v) is 12.6. The number of likely N-dealkylation sites (tertiary alicyclic amines) is 2. The summed E-state index contributed by atoms with van der Waals surface area (Å²) in [5, 5.41) is 4.00. The number of fused-ring (bicyclic) bond motifs is 2. The minimum atomic E-state index is -0.643. The maximum Gasteiger partial charge on any atom is 0.313 e. The lowest BCUT2D eigenvalue weighted by Gasteiger charge is -2.38. The average molecular weight is 533 g/mol. The predicted octanol–water partition coefficient (Wildman–Crippen LogP) is 4.44. The highest BCUT2D eigenvalue weighted by atomic mass is 32.1. The van der Waals surface area contributed by atoms with Gasteiger partial charge in [0.25, 0.3) is 0 Å². The first kappa shape index (κ1) is 25.2. The van der Waals surface area contributed by atoms with E-state index < -0.39 is 11.8 Å². The Morgan fingerprint density at radius 1 is 1.18 bits per heavy atom. The number of aromatic nitrogens is 2. The summed E-state index contributed by atoms with van der Waals surface area (Å²) in [5.74, 6) is 1.74. The second-order valence-electron chi connectivity index (χ2n) is 11.5. The van der Waals surface area contributed by atoms with Crippen molar-refractivity contribution in [2.24, 2.45) is 17.8 Å². The summed E-state index contributed by atoms with van der Waals surface area (Å²) in [7, 11) is 2.22. The molecule has 3 N–H and O–H groups in total. The number of hydrogen-bond acceptors (Lipinski definition) is 7. The molecule has 38 heavy (non-hydrogen) atoms. The lowest BCUT2D eigenvalue weighted by Crippen LogP contribution is -2.46. The normalized spacial score (nSPS) is 27.2. The summed E-state index contributed by atoms with van der Waals surface area (Å²) in [5.41, 5.74) is 9.28. The lowest BCUT2D eigenvalue weighted by atomic mass is 9.67. The van der Waals surface area contributed by atoms with Crippen molar-refractivity contribution in [2.45, 2.75) is 51.5 Å². The summed E-state index contributed by atoms with van der Waals surface area (Å²) < 4.78 is 1.20. The fraction of sp³-hybridized carbons (Fsp3) is 0.517. The zero-order valence-corrected chi connectivity index (χ0v) is 23.1. The highest BCUT2D eigenvalue weighted by Crippen LogP contribution is 2.52. The molecule has 2 aromatic heterocycles. The molecule has 0 radical (unpaired) electrons. The number of carbonyl (C=O) groups excluding carboxylic acids is 2. The van der Waals surface area contributed by atoms with Gasteiger partial charge in [0.2, 0.25) is 0 Å². The van der Waals surface area contributed by atoms with Crippen LogP contribution in [0.25, 0.3) is 10.2 Å². The fourth-order valence-electron chi connectivity index (χ4n) is 6.65. The quantitative estimate of drug-likeness (QED) is 0.482. The molecule has 2 aliphatic heterocycles. The smallest absolute Gasteiger partial charge is 0.313 e. The van der Waals surface area contributed by atoms with E-state index in [9.17, 15) is 9.59 Å². The molecular formula is C29H36N6O2S. The Labute approximate surface area is 227 Å². The van der Waals surface area contributed by atoms with Crippen molar-refractivity contribution in [3.05, 3.63) is 46.6 Å². The standard InChI is InChI=1S/C29H36N6O2S/c1-4-17-9-20(12-31-26(17)30)32-27(36)29(37)35-13-16(2)5-7-24(35)18-6-8-25-23(11-18)33-28(38-25)21-10-19-14-34(3)15-22(19)21/h6,8-9,11-12,16,19,21-22,24H,4-5,7,10,13-15H2,1-3H3,(H2,30,31)(H,32,36)/t16-,19?,21?,22?,24?/m0/s1. The van der Waals surface area contributed by atoms with Crippen molar-refractivity contribution in [2.75, 3.05) is 37.7 Å². The van der Waals surface area contributed by atoms with Crippen molar-refractivity contribution < 1.29 is 9.59 Å². The minimum Gasteiger partial charge on any atom is -0.383 e. The number of rotatable bonds is 4. The van der Waals surface area contributed by atoms with Crippen LogP contribution in [0.15, 0.2) is 30.5 Å². The van der Waals surface area contributed by atoms with E-state index in [4.69, 9.17) is 10.7 Å². The van der Waals surface area contributed by atoms with Crippen molar-refractivity contribution >= 4 is 44.9 Å². The van der Waals surface area contributed by atoms with Crippen LogP contribution in [0, 0.1) is 17.8 Å². The molecule has 0 spiro atoms. The summed E-state index contributed by atoms with van der Waals surface area (Å²) >= 11 is 1.82. The molecule has 2 amide bonds. The number of nitrogen functional groups attached to an aromatic ring is 1. The molecule has 3 aliphatic rings. The highest BCUT2D eigenvalue weighted by molar-refractivity contribution is 7.18. The number of hydrogen-bond donors (Lipinski definition) is 2. The number of nitrogens with one attached hydrogen (secondary N) is 1. The molecule has 8 nitrogen and oxygen atoms in total. The molecule has 2 saturated heterocycles. The van der Waals surface area contributed by atoms with Crippen LogP contribution < -0.4 is 11.1 Å². The Kier molecular flexibility index (Phi) is 6.60. The van der Waals surface area contributed by atoms with Gasteiger partial charge in [-0.05, 0) is 79.8 Å². The van der Waals surface area contributed by atoms with Crippen molar-refractivity contribution in [1.29, 1.82) is 0 Å². The van der Waals surface area contributed by atoms with Crippen LogP contribution in [0.2, 0.25) is 0 Å². The topological polar surface area (TPSA) is 104 Å². The molecular weight excluding hydrogens is 496 g/mol. The van der Waals surface area contributed by atoms with Crippen molar-refractivity contribution in [1.82, 2.24) is 19.8 Å². The third kappa shape index (κ3) is 4.56. The number of nitrogens with zero attached hydrogens (tertiary/aromatic N) is 4. The maximum absolute atomic E-state index is 13.4. The first-order chi connectivity index (χ1) is 18.3. The Balaban J connectivity index is 1.21. The van der Waals surface area contributed by atoms with Gasteiger partial charge in [-0.15, -0.1) is 11.3 Å². The summed E-state index contributed by atoms with van der Waals surface area (Å²) in [4.78, 5) is 39.9. The van der Waals surface area contributed by atoms with Crippen LogP contribution in [0.3, 0.4) is 0 Å². The van der Waals surface area contributed by atoms with Crippen molar-refractivity contribution in [3.63, 3.8) is 0 Å². The average Bonchev–Trinajstić information content (AvgIpc) is 3.44. The summed E-state index contributed by atoms with van der Waals surface area (Å²) in [6, 6.07) is 8.04. The molecule has 3 aromatic rings. The van der Waals surface area contributed by atoms with Crippen LogP contribution in [0.5, 0.6) is 0 Å². The van der Waals surface area contributed by atoms with E-state index >= 15 is 0 Å². The van der Waals surface area contributed by atoms with Crippen LogP contribution in [0.1, 0.15) is 61.2 Å². The second kappa shape index (κ2) is 9.93. The molecule has 1 saturated carbocycles. The van der Waals surface area contributed by atoms with E-state index in [2.05, 4.69) is 47.4 Å². The summed E-state index contributed by atoms with van der Waals surface area (Å²) in [6.07, 6.45) is 5.27. The van der Waals surface area contributed by atoms with E-state index in [1.807, 2.05) is 18.3 Å². The zero-order chi connectivity index (χ0) is 26.6. The SMILES string of the molecule is CCc1cc(NC(=O)C(=O)N2C[C@@H](C)CCC2c2ccc3sc(C4CC5CN(C)CC54)nc3c2)cnc1N. The largest absolute Gasteiger partial charge is 0.383 e. The van der Waals surface area contributed by atoms with E-state index in [-0.39, 0.29) is 6.04 Å². The number of anilines is 2. The first-order valence-electron chi connectivity index (χ1n) is 13.8. The van der Waals surface area contributed by atoms with E-state index in [1.54, 1.807) is 11.0 Å². The van der Waals surface area contributed by atoms with Gasteiger partial charge in [-0.3, -0.25) is 9.59 Å². The molecule has 0 bridgehead atoms. The number of nitrogens with two attached hydrogens (primary N) is 1. The molecule has 200 valence electrons. The lowest BCUT2D eigenvalue weighted by molar-refractivity contribution is -0.146. The molecule has 9 heteroatoms. The van der Waals surface area contributed by atoms with Crippen LogP contribution in [0.4, 0.5) is 11.5 Å². The maximum atomic E-state index is 13.4. The first-order valence-corrected chi connectivity index (χ1v) is 14.6. The van der Waals surface area contributed by atoms with E-state index in [0.29, 0.717) is 36.3 Å². The van der Waals surface area contributed by atoms with Gasteiger partial charge in [0.05, 0.1) is 33.2 Å². The van der Waals surface area contributed by atoms with E-state index in [0.717, 1.165) is 41.3 Å². The Hall–Kier alpha value is -3.04. The van der Waals surface area contributed by atoms with Gasteiger partial charge in [0.1, 0.15) is 5.82 Å². The van der Waals surface area contributed by atoms with Gasteiger partial charge in [-0.2, -0.15) is 0 Å². The fourth-order valence-corrected chi connectivity index (χ4v) is 7.79. The minimum absolute atomic E-state index is 0.147. The predicted molar refractivity (Wildman–Crippen MR) is 151 cm³/mol. The highest BCUT2D eigenvalue weighted by Gasteiger charge is 2.47. The monoisotopic (exact) mass is 532 g/mol. The molecule has 1 aliphatic carbocycles. The Morgan fingerprint density at radius 2 is 2.03 bits per heavy atom. The summed E-state index contributed by atoms with van der Waals surface area (Å²) in [6.45, 7) is 7.04. The van der Waals surface area contributed by atoms with Crippen LogP contribution in [-0.4, -0.2) is 58.3 Å². The van der Waals surface area contributed by atoms with Crippen LogP contribution in [-0.2, 0) is 16.0 Å². The molecule has 1 aromatic carbocycles. The van der Waals surface area contributed by atoms with Gasteiger partial charge in [0, 0.05) is 25.6 Å². The molecule has 4 unspecified atom stereocenters. The van der Waals surface area contributed by atoms with Gasteiger partial charge < -0.3 is 20.9 Å². The molecule has 4 heterocycles. The number of amides is 2. The third-order valence-corrected chi connectivity index (χ3v) is 9.96. The molecule has 5 atom stereocenters. The number of benzene rings is 1. The van der Waals surface area contributed by atoms with E-state index in [1.165, 1.54) is 35.4 Å². The number of piperidine rings is 1. The van der Waals surface area contributed by atoms with Gasteiger partial charge in [0.15, 0.2) is 0 Å². The Bertz CT molecular complexity index is 1390. The number of pyridine rings is 1. The number of aryl methyl sites for hydroxylation is 1. The van der Waals surface area contributed by atoms with Gasteiger partial charge >= 0.3 is 11.8 Å². The number of carbonyl (C=O) groups is 2. The molecule has 3 fully saturated rings.